The van der Waals surface area contributed by atoms with Gasteiger partial charge in [-0.15, -0.1) is 0 Å². The Morgan fingerprint density at radius 1 is 1.13 bits per heavy atom. The van der Waals surface area contributed by atoms with Crippen molar-refractivity contribution in [3.63, 3.8) is 0 Å². The maximum atomic E-state index is 12.6. The third-order valence-electron chi connectivity index (χ3n) is 4.93. The van der Waals surface area contributed by atoms with E-state index in [0.29, 0.717) is 6.42 Å². The molecule has 0 bridgehead atoms. The fourth-order valence-corrected chi connectivity index (χ4v) is 3.68. The molecule has 3 nitrogen and oxygen atoms in total. The first-order chi connectivity index (χ1) is 11.3. The van der Waals surface area contributed by atoms with Gasteiger partial charge in [0.25, 0.3) is 0 Å². The zero-order valence-corrected chi connectivity index (χ0v) is 13.7. The Morgan fingerprint density at radius 2 is 1.96 bits per heavy atom. The highest BCUT2D eigenvalue weighted by molar-refractivity contribution is 6.01. The van der Waals surface area contributed by atoms with Crippen LogP contribution in [0.15, 0.2) is 42.0 Å². The van der Waals surface area contributed by atoms with E-state index in [2.05, 4.69) is 18.2 Å². The van der Waals surface area contributed by atoms with Gasteiger partial charge in [0.15, 0.2) is 5.78 Å². The zero-order valence-electron chi connectivity index (χ0n) is 13.7. The average molecular weight is 311 g/mol. The lowest BCUT2D eigenvalue weighted by Crippen LogP contribution is -2.40. The van der Waals surface area contributed by atoms with Gasteiger partial charge >= 0.3 is 0 Å². The maximum Gasteiger partial charge on any atom is 0.223 e. The van der Waals surface area contributed by atoms with Crippen molar-refractivity contribution in [1.82, 2.24) is 4.90 Å². The lowest BCUT2D eigenvalue weighted by Gasteiger charge is -2.24. The van der Waals surface area contributed by atoms with Crippen LogP contribution in [0.25, 0.3) is 0 Å². The molecule has 23 heavy (non-hydrogen) atoms. The van der Waals surface area contributed by atoms with Crippen LogP contribution >= 0.6 is 0 Å². The van der Waals surface area contributed by atoms with E-state index in [1.54, 1.807) is 0 Å². The number of ketones is 1. The summed E-state index contributed by atoms with van der Waals surface area (Å²) in [4.78, 5) is 27.0. The number of nitrogens with zero attached hydrogens (tertiary/aromatic N) is 1. The van der Waals surface area contributed by atoms with Crippen LogP contribution < -0.4 is 0 Å². The first-order valence-electron chi connectivity index (χ1n) is 8.82. The molecule has 1 aliphatic carbocycles. The monoisotopic (exact) mass is 311 g/mol. The summed E-state index contributed by atoms with van der Waals surface area (Å²) in [5.41, 5.74) is 2.23. The Hall–Kier alpha value is -1.90. The zero-order chi connectivity index (χ0) is 16.1. The fraction of sp³-hybridized carbons (Fsp3) is 0.500. The van der Waals surface area contributed by atoms with E-state index in [1.165, 1.54) is 5.56 Å². The van der Waals surface area contributed by atoms with Gasteiger partial charge in [-0.2, -0.15) is 0 Å². The standard InChI is InChI=1S/C20H25NO2/c22-19(14-6-10-16-8-2-1-3-9-16)21-15-7-13-18(21)20(23)17-11-4-5-12-17/h1-3,8-9,11,18H,4-7,10,12-15H2/t18-/m0/s1. The number of likely N-dealkylation sites (tertiary alicyclic amines) is 1. The number of rotatable bonds is 6. The van der Waals surface area contributed by atoms with Crippen LogP contribution in [-0.4, -0.2) is 29.2 Å². The summed E-state index contributed by atoms with van der Waals surface area (Å²) in [6, 6.07) is 10.1. The van der Waals surface area contributed by atoms with Crippen molar-refractivity contribution in [3.05, 3.63) is 47.5 Å². The maximum absolute atomic E-state index is 12.6. The normalized spacial score (nSPS) is 20.6. The number of benzene rings is 1. The van der Waals surface area contributed by atoms with Crippen molar-refractivity contribution in [3.8, 4) is 0 Å². The minimum Gasteiger partial charge on any atom is -0.332 e. The van der Waals surface area contributed by atoms with Gasteiger partial charge in [-0.1, -0.05) is 36.4 Å². The molecule has 122 valence electrons. The van der Waals surface area contributed by atoms with E-state index in [9.17, 15) is 9.59 Å². The average Bonchev–Trinajstić information content (AvgIpc) is 3.27. The summed E-state index contributed by atoms with van der Waals surface area (Å²) < 4.78 is 0. The van der Waals surface area contributed by atoms with E-state index in [0.717, 1.165) is 57.1 Å². The topological polar surface area (TPSA) is 37.4 Å². The van der Waals surface area contributed by atoms with Crippen molar-refractivity contribution in [2.24, 2.45) is 0 Å². The fourth-order valence-electron chi connectivity index (χ4n) is 3.68. The molecule has 3 rings (SSSR count). The molecule has 1 aromatic rings. The molecule has 1 atom stereocenters. The van der Waals surface area contributed by atoms with E-state index in [1.807, 2.05) is 23.1 Å². The number of aryl methyl sites for hydroxylation is 1. The molecule has 3 heteroatoms. The van der Waals surface area contributed by atoms with Crippen LogP contribution in [0.1, 0.15) is 50.5 Å². The first-order valence-corrected chi connectivity index (χ1v) is 8.82. The molecule has 0 unspecified atom stereocenters. The van der Waals surface area contributed by atoms with Crippen molar-refractivity contribution < 1.29 is 9.59 Å². The van der Waals surface area contributed by atoms with E-state index in [-0.39, 0.29) is 17.7 Å². The first kappa shape index (κ1) is 16.0. The van der Waals surface area contributed by atoms with Gasteiger partial charge in [-0.3, -0.25) is 9.59 Å². The molecule has 0 N–H and O–H groups in total. The Labute approximate surface area is 138 Å². The molecule has 0 aromatic heterocycles. The number of allylic oxidation sites excluding steroid dienone is 1. The van der Waals surface area contributed by atoms with Gasteiger partial charge in [-0.05, 0) is 56.1 Å². The molecule has 1 fully saturated rings. The summed E-state index contributed by atoms with van der Waals surface area (Å²) in [5, 5.41) is 0. The van der Waals surface area contributed by atoms with Crippen LogP contribution in [0.2, 0.25) is 0 Å². The highest BCUT2D eigenvalue weighted by Crippen LogP contribution is 2.27. The second-order valence-corrected chi connectivity index (χ2v) is 6.57. The van der Waals surface area contributed by atoms with E-state index in [4.69, 9.17) is 0 Å². The third kappa shape index (κ3) is 3.90. The van der Waals surface area contributed by atoms with Crippen molar-refractivity contribution >= 4 is 11.7 Å². The molecule has 1 saturated heterocycles. The van der Waals surface area contributed by atoms with Crippen molar-refractivity contribution in [1.29, 1.82) is 0 Å². The number of carbonyl (C=O) groups is 2. The number of Topliss-reactive ketones (excluding diaryl/α,β-unsaturated/α-hetero) is 1. The molecular weight excluding hydrogens is 286 g/mol. The lowest BCUT2D eigenvalue weighted by molar-refractivity contribution is -0.136. The lowest BCUT2D eigenvalue weighted by atomic mass is 10.0. The molecule has 1 aliphatic heterocycles. The summed E-state index contributed by atoms with van der Waals surface area (Å²) in [7, 11) is 0. The van der Waals surface area contributed by atoms with Gasteiger partial charge in [-0.25, -0.2) is 0 Å². The predicted molar refractivity (Wildman–Crippen MR) is 91.1 cm³/mol. The molecule has 1 heterocycles. The summed E-state index contributed by atoms with van der Waals surface area (Å²) in [6.07, 6.45) is 9.15. The van der Waals surface area contributed by atoms with Crippen LogP contribution in [0.3, 0.4) is 0 Å². The molecule has 1 amide bonds. The van der Waals surface area contributed by atoms with Crippen LogP contribution in [0.4, 0.5) is 0 Å². The third-order valence-corrected chi connectivity index (χ3v) is 4.93. The van der Waals surface area contributed by atoms with Crippen LogP contribution in [0.5, 0.6) is 0 Å². The molecule has 0 spiro atoms. The SMILES string of the molecule is O=C(C1=CCCC1)[C@@H]1CCCN1C(=O)CCCc1ccccc1. The largest absolute Gasteiger partial charge is 0.332 e. The minimum absolute atomic E-state index is 0.148. The summed E-state index contributed by atoms with van der Waals surface area (Å²) in [6.45, 7) is 0.744. The number of carbonyl (C=O) groups excluding carboxylic acids is 2. The Morgan fingerprint density at radius 3 is 2.70 bits per heavy atom. The van der Waals surface area contributed by atoms with Gasteiger partial charge < -0.3 is 4.90 Å². The second kappa shape index (κ2) is 7.58. The van der Waals surface area contributed by atoms with E-state index < -0.39 is 0 Å². The summed E-state index contributed by atoms with van der Waals surface area (Å²) >= 11 is 0. The van der Waals surface area contributed by atoms with Crippen LogP contribution in [-0.2, 0) is 16.0 Å². The molecule has 0 radical (unpaired) electrons. The molecule has 2 aliphatic rings. The second-order valence-electron chi connectivity index (χ2n) is 6.57. The Balaban J connectivity index is 1.52. The summed E-state index contributed by atoms with van der Waals surface area (Å²) in [5.74, 6) is 0.354. The molecule has 1 aromatic carbocycles. The number of hydrogen-bond donors (Lipinski definition) is 0. The van der Waals surface area contributed by atoms with Crippen molar-refractivity contribution in [2.75, 3.05) is 6.54 Å². The highest BCUT2D eigenvalue weighted by Gasteiger charge is 2.35. The van der Waals surface area contributed by atoms with E-state index >= 15 is 0 Å². The van der Waals surface area contributed by atoms with Crippen LogP contribution in [0, 0.1) is 0 Å². The van der Waals surface area contributed by atoms with Crippen molar-refractivity contribution in [2.45, 2.75) is 57.4 Å². The number of hydrogen-bond acceptors (Lipinski definition) is 2. The highest BCUT2D eigenvalue weighted by atomic mass is 16.2. The quantitative estimate of drug-likeness (QED) is 0.803. The Bertz CT molecular complexity index is 591. The Kier molecular flexibility index (Phi) is 5.27. The van der Waals surface area contributed by atoms with Gasteiger partial charge in [0.1, 0.15) is 0 Å². The smallest absolute Gasteiger partial charge is 0.223 e. The predicted octanol–water partition coefficient (Wildman–Crippen LogP) is 3.68. The van der Waals surface area contributed by atoms with Gasteiger partial charge in [0, 0.05) is 13.0 Å². The minimum atomic E-state index is -0.191. The van der Waals surface area contributed by atoms with Gasteiger partial charge in [0.05, 0.1) is 6.04 Å². The molecular formula is C20H25NO2. The molecule has 0 saturated carbocycles. The number of amides is 1. The van der Waals surface area contributed by atoms with Gasteiger partial charge in [0.2, 0.25) is 5.91 Å².